The van der Waals surface area contributed by atoms with Crippen molar-refractivity contribution in [2.45, 2.75) is 51.5 Å². The lowest BCUT2D eigenvalue weighted by Crippen LogP contribution is -2.44. The van der Waals surface area contributed by atoms with Gasteiger partial charge in [0.1, 0.15) is 5.78 Å². The minimum Gasteiger partial charge on any atom is -0.342 e. The van der Waals surface area contributed by atoms with Gasteiger partial charge in [-0.1, -0.05) is 0 Å². The van der Waals surface area contributed by atoms with Crippen LogP contribution >= 0.6 is 0 Å². The normalized spacial score (nSPS) is 25.4. The number of rotatable bonds is 4. The van der Waals surface area contributed by atoms with E-state index in [-0.39, 0.29) is 11.7 Å². The predicted octanol–water partition coefficient (Wildman–Crippen LogP) is 1.44. The Bertz CT molecular complexity index is 311. The molecular formula is C14H24N2O2. The molecule has 0 aromatic rings. The van der Waals surface area contributed by atoms with Crippen molar-refractivity contribution in [1.82, 2.24) is 9.80 Å². The first-order chi connectivity index (χ1) is 8.66. The Balaban J connectivity index is 1.83. The standard InChI is InChI=1S/C14H24N2O2/c1-12(17)10-13-6-5-9-16(13)11-14(18)15-7-3-2-4-8-15/h13H,2-11H2,1H3. The molecule has 2 rings (SSSR count). The number of piperidine rings is 1. The highest BCUT2D eigenvalue weighted by Crippen LogP contribution is 2.20. The minimum atomic E-state index is 0.234. The van der Waals surface area contributed by atoms with Gasteiger partial charge >= 0.3 is 0 Å². The van der Waals surface area contributed by atoms with Crippen molar-refractivity contribution >= 4 is 11.7 Å². The summed E-state index contributed by atoms with van der Waals surface area (Å²) in [6.45, 7) is 4.96. The van der Waals surface area contributed by atoms with Crippen molar-refractivity contribution in [3.63, 3.8) is 0 Å². The van der Waals surface area contributed by atoms with Crippen LogP contribution in [0.1, 0.15) is 45.4 Å². The number of likely N-dealkylation sites (tertiary alicyclic amines) is 2. The van der Waals surface area contributed by atoms with Gasteiger partial charge in [0.15, 0.2) is 0 Å². The van der Waals surface area contributed by atoms with Crippen LogP contribution < -0.4 is 0 Å². The maximum atomic E-state index is 12.2. The topological polar surface area (TPSA) is 40.6 Å². The van der Waals surface area contributed by atoms with Crippen LogP contribution in [0.15, 0.2) is 0 Å². The number of ketones is 1. The molecule has 2 saturated heterocycles. The van der Waals surface area contributed by atoms with Gasteiger partial charge in [0.2, 0.25) is 5.91 Å². The van der Waals surface area contributed by atoms with Crippen molar-refractivity contribution in [2.24, 2.45) is 0 Å². The molecule has 4 nitrogen and oxygen atoms in total. The minimum absolute atomic E-state index is 0.234. The highest BCUT2D eigenvalue weighted by Gasteiger charge is 2.28. The Morgan fingerprint density at radius 3 is 2.44 bits per heavy atom. The Morgan fingerprint density at radius 1 is 1.06 bits per heavy atom. The molecule has 1 unspecified atom stereocenters. The van der Waals surface area contributed by atoms with E-state index in [0.29, 0.717) is 19.0 Å². The van der Waals surface area contributed by atoms with Crippen LogP contribution in [0.2, 0.25) is 0 Å². The van der Waals surface area contributed by atoms with Crippen LogP contribution in [-0.4, -0.2) is 53.7 Å². The second kappa shape index (κ2) is 6.32. The average molecular weight is 252 g/mol. The van der Waals surface area contributed by atoms with Crippen LogP contribution in [0.4, 0.5) is 0 Å². The van der Waals surface area contributed by atoms with Crippen molar-refractivity contribution < 1.29 is 9.59 Å². The fourth-order valence-electron chi connectivity index (χ4n) is 3.08. The van der Waals surface area contributed by atoms with Crippen LogP contribution in [0.25, 0.3) is 0 Å². The molecule has 0 aromatic heterocycles. The van der Waals surface area contributed by atoms with Crippen molar-refractivity contribution in [2.75, 3.05) is 26.2 Å². The number of carbonyl (C=O) groups excluding carboxylic acids is 2. The van der Waals surface area contributed by atoms with E-state index in [1.54, 1.807) is 6.92 Å². The van der Waals surface area contributed by atoms with Crippen molar-refractivity contribution in [1.29, 1.82) is 0 Å². The third kappa shape index (κ3) is 3.55. The maximum absolute atomic E-state index is 12.2. The van der Waals surface area contributed by atoms with Gasteiger partial charge < -0.3 is 4.90 Å². The van der Waals surface area contributed by atoms with Crippen molar-refractivity contribution in [3.8, 4) is 0 Å². The quantitative estimate of drug-likeness (QED) is 0.760. The summed E-state index contributed by atoms with van der Waals surface area (Å²) in [5.41, 5.74) is 0. The fourth-order valence-corrected chi connectivity index (χ4v) is 3.08. The van der Waals surface area contributed by atoms with Crippen LogP contribution in [0.5, 0.6) is 0 Å². The summed E-state index contributed by atoms with van der Waals surface area (Å²) in [6.07, 6.45) is 6.32. The number of amides is 1. The van der Waals surface area contributed by atoms with E-state index in [1.807, 2.05) is 4.90 Å². The van der Waals surface area contributed by atoms with Gasteiger partial charge in [0.05, 0.1) is 6.54 Å². The summed E-state index contributed by atoms with van der Waals surface area (Å²) in [6, 6.07) is 0.302. The molecule has 2 aliphatic rings. The van der Waals surface area contributed by atoms with Crippen molar-refractivity contribution in [3.05, 3.63) is 0 Å². The highest BCUT2D eigenvalue weighted by atomic mass is 16.2. The number of carbonyl (C=O) groups is 2. The lowest BCUT2D eigenvalue weighted by Gasteiger charge is -2.30. The molecule has 18 heavy (non-hydrogen) atoms. The number of nitrogens with zero attached hydrogens (tertiary/aromatic N) is 2. The van der Waals surface area contributed by atoms with Crippen LogP contribution in [-0.2, 0) is 9.59 Å². The Hall–Kier alpha value is -0.900. The van der Waals surface area contributed by atoms with E-state index >= 15 is 0 Å². The highest BCUT2D eigenvalue weighted by molar-refractivity contribution is 5.79. The molecule has 4 heteroatoms. The molecule has 102 valence electrons. The molecule has 0 aromatic carbocycles. The third-order valence-corrected chi connectivity index (χ3v) is 4.07. The SMILES string of the molecule is CC(=O)CC1CCCN1CC(=O)N1CCCCC1. The third-order valence-electron chi connectivity index (χ3n) is 4.07. The molecule has 0 bridgehead atoms. The number of Topliss-reactive ketones (excluding diaryl/α,β-unsaturated/α-hetero) is 1. The van der Waals surface area contributed by atoms with Crippen LogP contribution in [0, 0.1) is 0 Å². The van der Waals surface area contributed by atoms with Gasteiger partial charge in [-0.3, -0.25) is 14.5 Å². The molecule has 2 fully saturated rings. The summed E-state index contributed by atoms with van der Waals surface area (Å²) in [5, 5.41) is 0. The fraction of sp³-hybridized carbons (Fsp3) is 0.857. The first kappa shape index (κ1) is 13.5. The van der Waals surface area contributed by atoms with Gasteiger partial charge in [-0.25, -0.2) is 0 Å². The lowest BCUT2D eigenvalue weighted by atomic mass is 10.1. The summed E-state index contributed by atoms with van der Waals surface area (Å²) < 4.78 is 0. The molecular weight excluding hydrogens is 228 g/mol. The smallest absolute Gasteiger partial charge is 0.236 e. The van der Waals surface area contributed by atoms with E-state index < -0.39 is 0 Å². The monoisotopic (exact) mass is 252 g/mol. The van der Waals surface area contributed by atoms with Gasteiger partial charge in [-0.2, -0.15) is 0 Å². The second-order valence-electron chi connectivity index (χ2n) is 5.61. The molecule has 1 amide bonds. The maximum Gasteiger partial charge on any atom is 0.236 e. The van der Waals surface area contributed by atoms with E-state index in [0.717, 1.165) is 45.3 Å². The molecule has 0 radical (unpaired) electrons. The first-order valence-corrected chi connectivity index (χ1v) is 7.18. The van der Waals surface area contributed by atoms with Gasteiger partial charge in [-0.15, -0.1) is 0 Å². The largest absolute Gasteiger partial charge is 0.342 e. The lowest BCUT2D eigenvalue weighted by molar-refractivity contribution is -0.134. The predicted molar refractivity (Wildman–Crippen MR) is 70.3 cm³/mol. The molecule has 1 atom stereocenters. The first-order valence-electron chi connectivity index (χ1n) is 7.18. The van der Waals surface area contributed by atoms with E-state index in [4.69, 9.17) is 0 Å². The average Bonchev–Trinajstić information content (AvgIpc) is 2.77. The number of hydrogen-bond acceptors (Lipinski definition) is 3. The second-order valence-corrected chi connectivity index (χ2v) is 5.61. The van der Waals surface area contributed by atoms with Gasteiger partial charge in [-0.05, 0) is 45.6 Å². The molecule has 2 aliphatic heterocycles. The summed E-state index contributed by atoms with van der Waals surface area (Å²) in [7, 11) is 0. The summed E-state index contributed by atoms with van der Waals surface area (Å²) in [4.78, 5) is 27.6. The summed E-state index contributed by atoms with van der Waals surface area (Å²) >= 11 is 0. The Kier molecular flexibility index (Phi) is 4.75. The van der Waals surface area contributed by atoms with E-state index in [1.165, 1.54) is 6.42 Å². The molecule has 0 N–H and O–H groups in total. The zero-order valence-electron chi connectivity index (χ0n) is 11.4. The van der Waals surface area contributed by atoms with E-state index in [2.05, 4.69) is 4.90 Å². The molecule has 0 saturated carbocycles. The molecule has 0 aliphatic carbocycles. The molecule has 2 heterocycles. The van der Waals surface area contributed by atoms with Crippen LogP contribution in [0.3, 0.4) is 0 Å². The molecule has 0 spiro atoms. The zero-order chi connectivity index (χ0) is 13.0. The Morgan fingerprint density at radius 2 is 1.78 bits per heavy atom. The summed E-state index contributed by atoms with van der Waals surface area (Å²) in [5.74, 6) is 0.488. The number of hydrogen-bond donors (Lipinski definition) is 0. The zero-order valence-corrected chi connectivity index (χ0v) is 11.4. The van der Waals surface area contributed by atoms with E-state index in [9.17, 15) is 9.59 Å². The van der Waals surface area contributed by atoms with Gasteiger partial charge in [0, 0.05) is 25.6 Å². The Labute approximate surface area is 109 Å². The van der Waals surface area contributed by atoms with Gasteiger partial charge in [0.25, 0.3) is 0 Å².